The molecule has 2 aliphatic rings. The molecule has 1 N–H and O–H groups in total. The lowest BCUT2D eigenvalue weighted by Gasteiger charge is -2.51. The lowest BCUT2D eigenvalue weighted by Crippen LogP contribution is -2.58. The fraction of sp³-hybridized carbons (Fsp3) is 0.826. The molecule has 0 aromatic carbocycles. The van der Waals surface area contributed by atoms with Gasteiger partial charge in [0.15, 0.2) is 4.47 Å². The average molecular weight is 504 g/mol. The number of rotatable bonds is 2. The Morgan fingerprint density at radius 2 is 1.88 bits per heavy atom. The van der Waals surface area contributed by atoms with E-state index in [1.165, 1.54) is 11.3 Å². The Bertz CT molecular complexity index is 856. The lowest BCUT2D eigenvalue weighted by molar-refractivity contribution is -0.0379. The second-order valence-electron chi connectivity index (χ2n) is 12.3. The van der Waals surface area contributed by atoms with E-state index in [1.54, 1.807) is 0 Å². The van der Waals surface area contributed by atoms with Gasteiger partial charge in [0.2, 0.25) is 0 Å². The monoisotopic (exact) mass is 503 g/mol. The van der Waals surface area contributed by atoms with Crippen LogP contribution in [0.1, 0.15) is 91.8 Å². The number of fused-ring (bicyclic) bond motifs is 1. The van der Waals surface area contributed by atoms with Gasteiger partial charge in [0.25, 0.3) is 0 Å². The summed E-state index contributed by atoms with van der Waals surface area (Å²) in [6.45, 7) is 18.7. The summed E-state index contributed by atoms with van der Waals surface area (Å²) < 4.78 is 22.4. The Kier molecular flexibility index (Phi) is 7.00. The van der Waals surface area contributed by atoms with Gasteiger partial charge < -0.3 is 14.2 Å². The van der Waals surface area contributed by atoms with Gasteiger partial charge in [0.05, 0.1) is 5.69 Å². The second-order valence-corrected chi connectivity index (χ2v) is 15.9. The van der Waals surface area contributed by atoms with E-state index in [1.807, 2.05) is 46.4 Å². The molecule has 4 atom stereocenters. The summed E-state index contributed by atoms with van der Waals surface area (Å²) in [5, 5.41) is 0. The number of hydrogen-bond donors (Lipinski definition) is 1. The van der Waals surface area contributed by atoms with Crippen molar-refractivity contribution in [2.75, 3.05) is 6.54 Å². The third kappa shape index (κ3) is 5.40. The number of nitrogens with one attached hydrogen (secondary N) is 1. The van der Waals surface area contributed by atoms with Crippen LogP contribution in [0.5, 0.6) is 0 Å². The smallest absolute Gasteiger partial charge is 0.410 e. The quantitative estimate of drug-likeness (QED) is 0.510. The molecule has 2 heterocycles. The molecule has 0 saturated carbocycles. The van der Waals surface area contributed by atoms with Crippen LogP contribution in [0.25, 0.3) is 0 Å². The fourth-order valence-electron chi connectivity index (χ4n) is 4.69. The third-order valence-corrected chi connectivity index (χ3v) is 9.07. The van der Waals surface area contributed by atoms with Crippen LogP contribution in [0.15, 0.2) is 0 Å². The van der Waals surface area contributed by atoms with Crippen LogP contribution in [0.2, 0.25) is 4.47 Å². The van der Waals surface area contributed by atoms with E-state index >= 15 is 0 Å². The van der Waals surface area contributed by atoms with Gasteiger partial charge in [-0.25, -0.2) is 9.78 Å². The maximum Gasteiger partial charge on any atom is 0.410 e. The maximum absolute atomic E-state index is 13.1. The fourth-order valence-corrected chi connectivity index (χ4v) is 6.97. The van der Waals surface area contributed by atoms with Crippen molar-refractivity contribution >= 4 is 40.4 Å². The zero-order valence-electron chi connectivity index (χ0n) is 20.8. The first kappa shape index (κ1) is 26.1. The summed E-state index contributed by atoms with van der Waals surface area (Å²) in [5.41, 5.74) is 0.0755. The van der Waals surface area contributed by atoms with Gasteiger partial charge in [-0.15, -0.1) is 16.1 Å². The summed E-state index contributed by atoms with van der Waals surface area (Å²) in [5.74, 6) is 0. The molecule has 1 aliphatic heterocycles. The van der Waals surface area contributed by atoms with E-state index in [9.17, 15) is 9.35 Å². The van der Waals surface area contributed by atoms with Crippen molar-refractivity contribution < 1.29 is 14.1 Å². The molecule has 0 bridgehead atoms. The molecule has 1 amide bonds. The molecule has 1 aromatic heterocycles. The molecule has 1 aliphatic carbocycles. The first-order valence-electron chi connectivity index (χ1n) is 11.3. The van der Waals surface area contributed by atoms with Gasteiger partial charge in [-0.3, -0.25) is 0 Å². The van der Waals surface area contributed by atoms with Crippen LogP contribution in [-0.4, -0.2) is 43.5 Å². The summed E-state index contributed by atoms with van der Waals surface area (Å²) >= 11 is 6.53. The molecule has 1 spiro atoms. The van der Waals surface area contributed by atoms with E-state index in [4.69, 9.17) is 16.3 Å². The number of thiazole rings is 1. The molecule has 1 aromatic rings. The van der Waals surface area contributed by atoms with Crippen molar-refractivity contribution in [3.63, 3.8) is 0 Å². The Balaban J connectivity index is 1.95. The van der Waals surface area contributed by atoms with E-state index in [-0.39, 0.29) is 29.0 Å². The van der Waals surface area contributed by atoms with Crippen LogP contribution in [0.3, 0.4) is 0 Å². The molecule has 6 nitrogen and oxygen atoms in total. The number of halogens is 1. The minimum atomic E-state index is -1.25. The van der Waals surface area contributed by atoms with Crippen molar-refractivity contribution in [1.82, 2.24) is 14.6 Å². The number of carbonyl (C=O) groups is 1. The van der Waals surface area contributed by atoms with E-state index in [0.29, 0.717) is 11.0 Å². The van der Waals surface area contributed by atoms with Gasteiger partial charge in [-0.05, 0) is 66.2 Å². The molecule has 182 valence electrons. The van der Waals surface area contributed by atoms with Gasteiger partial charge in [-0.1, -0.05) is 32.4 Å². The molecule has 3 rings (SSSR count). The van der Waals surface area contributed by atoms with E-state index < -0.39 is 21.7 Å². The largest absolute Gasteiger partial charge is 0.598 e. The summed E-state index contributed by atoms with van der Waals surface area (Å²) in [4.78, 5) is 20.8. The number of hydrogen-bond acceptors (Lipinski definition) is 6. The number of ether oxygens (including phenoxy) is 1. The number of likely N-dealkylation sites (tertiary alicyclic amines) is 1. The highest BCUT2D eigenvalue weighted by atomic mass is 35.5. The zero-order valence-corrected chi connectivity index (χ0v) is 23.2. The highest BCUT2D eigenvalue weighted by Gasteiger charge is 2.56. The molecule has 0 radical (unpaired) electrons. The summed E-state index contributed by atoms with van der Waals surface area (Å²) in [7, 11) is 0. The van der Waals surface area contributed by atoms with Crippen LogP contribution in [0.4, 0.5) is 4.79 Å². The van der Waals surface area contributed by atoms with Crippen molar-refractivity contribution in [1.29, 1.82) is 0 Å². The number of piperidine rings is 1. The Labute approximate surface area is 205 Å². The highest BCUT2D eigenvalue weighted by molar-refractivity contribution is 7.90. The standard InChI is InChI=1S/C23H38ClN3O3S2/c1-20(2,3)15-13-23(10-11-27(15)19(28)30-21(4,5)6)12-14-16(25-18(24)31-14)17(23)26-32(29)22(7,8)9/h15,17,26H,10-13H2,1-9H3/t15-,17?,23?,32?/m0/s1. The van der Waals surface area contributed by atoms with Crippen LogP contribution in [-0.2, 0) is 22.5 Å². The lowest BCUT2D eigenvalue weighted by atomic mass is 9.66. The first-order valence-corrected chi connectivity index (χ1v) is 13.6. The zero-order chi connectivity index (χ0) is 24.3. The summed E-state index contributed by atoms with van der Waals surface area (Å²) in [6, 6.07) is -0.171. The molecule has 9 heteroatoms. The second kappa shape index (κ2) is 8.59. The van der Waals surface area contributed by atoms with E-state index in [2.05, 4.69) is 30.5 Å². The van der Waals surface area contributed by atoms with Gasteiger partial charge in [0.1, 0.15) is 16.4 Å². The number of amides is 1. The minimum Gasteiger partial charge on any atom is -0.598 e. The summed E-state index contributed by atoms with van der Waals surface area (Å²) in [6.07, 6.45) is 2.15. The predicted molar refractivity (Wildman–Crippen MR) is 132 cm³/mol. The van der Waals surface area contributed by atoms with Gasteiger partial charge in [0, 0.05) is 34.2 Å². The van der Waals surface area contributed by atoms with Crippen molar-refractivity contribution in [2.24, 2.45) is 10.8 Å². The van der Waals surface area contributed by atoms with Crippen LogP contribution < -0.4 is 4.72 Å². The third-order valence-electron chi connectivity index (χ3n) is 6.34. The molecular formula is C23H38ClN3O3S2. The molecule has 3 unspecified atom stereocenters. The first-order chi connectivity index (χ1) is 14.4. The van der Waals surface area contributed by atoms with Crippen molar-refractivity contribution in [3.05, 3.63) is 15.0 Å². The van der Waals surface area contributed by atoms with Gasteiger partial charge in [-0.2, -0.15) is 0 Å². The SMILES string of the molecule is CC(C)(C)OC(=O)N1CCC2(Cc3sc(Cl)nc3C2N[S+]([O-])C(C)(C)C)C[C@H]1C(C)(C)C. The predicted octanol–water partition coefficient (Wildman–Crippen LogP) is 5.88. The Morgan fingerprint density at radius 3 is 2.41 bits per heavy atom. The Hall–Kier alpha value is -0.540. The average Bonchev–Trinajstić information content (AvgIpc) is 3.06. The van der Waals surface area contributed by atoms with Crippen LogP contribution in [0, 0.1) is 10.8 Å². The molecule has 32 heavy (non-hydrogen) atoms. The molecule has 1 saturated heterocycles. The number of carbonyl (C=O) groups excluding carboxylic acids is 1. The Morgan fingerprint density at radius 1 is 1.25 bits per heavy atom. The van der Waals surface area contributed by atoms with Crippen molar-refractivity contribution in [2.45, 2.75) is 104 Å². The topological polar surface area (TPSA) is 77.5 Å². The highest BCUT2D eigenvalue weighted by Crippen LogP contribution is 2.57. The number of nitrogens with zero attached hydrogens (tertiary/aromatic N) is 2. The molecular weight excluding hydrogens is 466 g/mol. The minimum absolute atomic E-state index is 0.0112. The normalized spacial score (nSPS) is 27.5. The van der Waals surface area contributed by atoms with Crippen molar-refractivity contribution in [3.8, 4) is 0 Å². The van der Waals surface area contributed by atoms with Crippen LogP contribution >= 0.6 is 22.9 Å². The maximum atomic E-state index is 13.1. The molecule has 1 fully saturated rings. The van der Waals surface area contributed by atoms with E-state index in [0.717, 1.165) is 29.8 Å². The number of aromatic nitrogens is 1. The van der Waals surface area contributed by atoms with Gasteiger partial charge >= 0.3 is 6.09 Å².